The summed E-state index contributed by atoms with van der Waals surface area (Å²) in [6.07, 6.45) is 4.50. The van der Waals surface area contributed by atoms with E-state index in [1.807, 2.05) is 0 Å². The van der Waals surface area contributed by atoms with E-state index in [0.29, 0.717) is 0 Å². The summed E-state index contributed by atoms with van der Waals surface area (Å²) in [6, 6.07) is 1.40. The fourth-order valence-corrected chi connectivity index (χ4v) is 2.19. The molecule has 92 valence electrons. The SMILES string of the molecule is O=C(Nc1cc(Br)c[nH]c1=O)C1CCCCN1. The smallest absolute Gasteiger partial charge is 0.271 e. The minimum Gasteiger partial charge on any atom is -0.326 e. The van der Waals surface area contributed by atoms with Crippen LogP contribution in [0.4, 0.5) is 5.69 Å². The summed E-state index contributed by atoms with van der Waals surface area (Å²) in [5.41, 5.74) is -0.0193. The van der Waals surface area contributed by atoms with Crippen molar-refractivity contribution in [3.8, 4) is 0 Å². The molecule has 6 heteroatoms. The van der Waals surface area contributed by atoms with Gasteiger partial charge in [-0.3, -0.25) is 9.59 Å². The van der Waals surface area contributed by atoms with Crippen LogP contribution in [0, 0.1) is 0 Å². The van der Waals surface area contributed by atoms with E-state index in [0.717, 1.165) is 30.3 Å². The molecule has 1 fully saturated rings. The average Bonchev–Trinajstić information content (AvgIpc) is 2.35. The Morgan fingerprint density at radius 3 is 3.00 bits per heavy atom. The van der Waals surface area contributed by atoms with E-state index in [1.165, 1.54) is 6.20 Å². The molecule has 2 heterocycles. The summed E-state index contributed by atoms with van der Waals surface area (Å²) in [7, 11) is 0. The van der Waals surface area contributed by atoms with Gasteiger partial charge < -0.3 is 15.6 Å². The van der Waals surface area contributed by atoms with Gasteiger partial charge in [0.2, 0.25) is 5.91 Å². The number of aromatic amines is 1. The molecule has 1 atom stereocenters. The number of hydrogen-bond acceptors (Lipinski definition) is 3. The van der Waals surface area contributed by atoms with Gasteiger partial charge in [0.1, 0.15) is 5.69 Å². The molecule has 17 heavy (non-hydrogen) atoms. The van der Waals surface area contributed by atoms with E-state index in [4.69, 9.17) is 0 Å². The van der Waals surface area contributed by atoms with Crippen LogP contribution in [0.25, 0.3) is 0 Å². The number of pyridine rings is 1. The Labute approximate surface area is 107 Å². The van der Waals surface area contributed by atoms with Crippen molar-refractivity contribution in [2.45, 2.75) is 25.3 Å². The van der Waals surface area contributed by atoms with Crippen molar-refractivity contribution in [1.29, 1.82) is 0 Å². The lowest BCUT2D eigenvalue weighted by molar-refractivity contribution is -0.118. The van der Waals surface area contributed by atoms with Crippen molar-refractivity contribution in [2.24, 2.45) is 0 Å². The summed E-state index contributed by atoms with van der Waals surface area (Å²) in [4.78, 5) is 25.9. The van der Waals surface area contributed by atoms with Gasteiger partial charge in [-0.15, -0.1) is 0 Å². The molecule has 1 aliphatic heterocycles. The molecule has 1 aromatic heterocycles. The molecule has 0 aromatic carbocycles. The van der Waals surface area contributed by atoms with Crippen LogP contribution in [0.15, 0.2) is 21.5 Å². The first-order chi connectivity index (χ1) is 8.16. The predicted molar refractivity (Wildman–Crippen MR) is 69.0 cm³/mol. The number of hydrogen-bond donors (Lipinski definition) is 3. The summed E-state index contributed by atoms with van der Waals surface area (Å²) in [5, 5.41) is 5.78. The second-order valence-corrected chi connectivity index (χ2v) is 4.97. The first-order valence-electron chi connectivity index (χ1n) is 5.59. The topological polar surface area (TPSA) is 74.0 Å². The van der Waals surface area contributed by atoms with Gasteiger partial charge >= 0.3 is 0 Å². The summed E-state index contributed by atoms with van der Waals surface area (Å²) in [5.74, 6) is -0.145. The number of rotatable bonds is 2. The molecule has 2 rings (SSSR count). The van der Waals surface area contributed by atoms with Gasteiger partial charge in [0.05, 0.1) is 6.04 Å². The first-order valence-corrected chi connectivity index (χ1v) is 6.38. The Kier molecular flexibility index (Phi) is 3.96. The third-order valence-corrected chi connectivity index (χ3v) is 3.21. The van der Waals surface area contributed by atoms with E-state index < -0.39 is 0 Å². The molecule has 3 N–H and O–H groups in total. The van der Waals surface area contributed by atoms with Crippen LogP contribution < -0.4 is 16.2 Å². The molecule has 0 radical (unpaired) electrons. The summed E-state index contributed by atoms with van der Waals surface area (Å²) < 4.78 is 0.726. The number of nitrogens with one attached hydrogen (secondary N) is 3. The number of piperidine rings is 1. The molecule has 1 unspecified atom stereocenters. The van der Waals surface area contributed by atoms with E-state index in [1.54, 1.807) is 6.07 Å². The quantitative estimate of drug-likeness (QED) is 0.769. The van der Waals surface area contributed by atoms with Crippen molar-refractivity contribution in [2.75, 3.05) is 11.9 Å². The highest BCUT2D eigenvalue weighted by molar-refractivity contribution is 9.10. The van der Waals surface area contributed by atoms with Crippen LogP contribution in [0.2, 0.25) is 0 Å². The van der Waals surface area contributed by atoms with Gasteiger partial charge in [-0.25, -0.2) is 0 Å². The molecule has 0 spiro atoms. The van der Waals surface area contributed by atoms with E-state index in [2.05, 4.69) is 31.5 Å². The molecule has 5 nitrogen and oxygen atoms in total. The Hall–Kier alpha value is -1.14. The highest BCUT2D eigenvalue weighted by Gasteiger charge is 2.21. The molecular weight excluding hydrogens is 286 g/mol. The number of aromatic nitrogens is 1. The summed E-state index contributed by atoms with van der Waals surface area (Å²) in [6.45, 7) is 0.854. The van der Waals surface area contributed by atoms with Gasteiger partial charge in [-0.05, 0) is 41.4 Å². The lowest BCUT2D eigenvalue weighted by atomic mass is 10.0. The second kappa shape index (κ2) is 5.46. The average molecular weight is 300 g/mol. The zero-order chi connectivity index (χ0) is 12.3. The Bertz CT molecular complexity index is 466. The Morgan fingerprint density at radius 1 is 1.47 bits per heavy atom. The monoisotopic (exact) mass is 299 g/mol. The molecule has 1 amide bonds. The third-order valence-electron chi connectivity index (χ3n) is 2.75. The van der Waals surface area contributed by atoms with E-state index >= 15 is 0 Å². The normalized spacial score (nSPS) is 19.9. The summed E-state index contributed by atoms with van der Waals surface area (Å²) >= 11 is 3.25. The maximum atomic E-state index is 11.9. The minimum atomic E-state index is -0.294. The number of anilines is 1. The molecule has 1 aromatic rings. The van der Waals surface area contributed by atoms with E-state index in [9.17, 15) is 9.59 Å². The predicted octanol–water partition coefficient (Wildman–Crippen LogP) is 1.22. The van der Waals surface area contributed by atoms with Crippen molar-refractivity contribution in [3.63, 3.8) is 0 Å². The molecule has 1 aliphatic rings. The zero-order valence-corrected chi connectivity index (χ0v) is 10.8. The number of halogens is 1. The fourth-order valence-electron chi connectivity index (χ4n) is 1.85. The largest absolute Gasteiger partial charge is 0.326 e. The zero-order valence-electron chi connectivity index (χ0n) is 9.25. The molecular formula is C11H14BrN3O2. The number of H-pyrrole nitrogens is 1. The molecule has 0 aliphatic carbocycles. The van der Waals surface area contributed by atoms with Gasteiger partial charge in [-0.1, -0.05) is 6.42 Å². The van der Waals surface area contributed by atoms with Crippen LogP contribution >= 0.6 is 15.9 Å². The highest BCUT2D eigenvalue weighted by Crippen LogP contribution is 2.12. The van der Waals surface area contributed by atoms with Crippen LogP contribution in [0.3, 0.4) is 0 Å². The lowest BCUT2D eigenvalue weighted by Gasteiger charge is -2.22. The standard InChI is InChI=1S/C11H14BrN3O2/c12-7-5-9(10(16)14-6-7)15-11(17)8-3-1-2-4-13-8/h5-6,8,13H,1-4H2,(H,14,16)(H,15,17). The lowest BCUT2D eigenvalue weighted by Crippen LogP contribution is -2.44. The van der Waals surface area contributed by atoms with Gasteiger partial charge in [0, 0.05) is 10.7 Å². The third kappa shape index (κ3) is 3.17. The Morgan fingerprint density at radius 2 is 2.29 bits per heavy atom. The van der Waals surface area contributed by atoms with Crippen LogP contribution in [0.1, 0.15) is 19.3 Å². The number of amides is 1. The highest BCUT2D eigenvalue weighted by atomic mass is 79.9. The maximum Gasteiger partial charge on any atom is 0.271 e. The van der Waals surface area contributed by atoms with E-state index in [-0.39, 0.29) is 23.2 Å². The maximum absolute atomic E-state index is 11.9. The second-order valence-electron chi connectivity index (χ2n) is 4.05. The van der Waals surface area contributed by atoms with Crippen molar-refractivity contribution in [3.05, 3.63) is 27.1 Å². The Balaban J connectivity index is 2.07. The van der Waals surface area contributed by atoms with Crippen molar-refractivity contribution in [1.82, 2.24) is 10.3 Å². The van der Waals surface area contributed by atoms with Gasteiger partial charge in [-0.2, -0.15) is 0 Å². The van der Waals surface area contributed by atoms with Gasteiger partial charge in [0.25, 0.3) is 5.56 Å². The molecule has 1 saturated heterocycles. The number of carbonyl (C=O) groups excluding carboxylic acids is 1. The molecule has 0 bridgehead atoms. The van der Waals surface area contributed by atoms with Crippen LogP contribution in [0.5, 0.6) is 0 Å². The van der Waals surface area contributed by atoms with Crippen molar-refractivity contribution >= 4 is 27.5 Å². The van der Waals surface area contributed by atoms with Crippen LogP contribution in [-0.4, -0.2) is 23.5 Å². The first kappa shape index (κ1) is 12.3. The van der Waals surface area contributed by atoms with Gasteiger partial charge in [0.15, 0.2) is 0 Å². The fraction of sp³-hybridized carbons (Fsp3) is 0.455. The van der Waals surface area contributed by atoms with Crippen molar-refractivity contribution < 1.29 is 4.79 Å². The minimum absolute atomic E-state index is 0.145. The van der Waals surface area contributed by atoms with Crippen LogP contribution in [-0.2, 0) is 4.79 Å². The molecule has 0 saturated carbocycles. The number of carbonyl (C=O) groups is 1.